The predicted molar refractivity (Wildman–Crippen MR) is 104 cm³/mol. The molecule has 2 heterocycles. The van der Waals surface area contributed by atoms with E-state index in [1.807, 2.05) is 29.7 Å². The summed E-state index contributed by atoms with van der Waals surface area (Å²) in [6.45, 7) is 6.47. The Balaban J connectivity index is 1.60. The maximum atomic E-state index is 12.7. The second-order valence-corrected chi connectivity index (χ2v) is 7.03. The summed E-state index contributed by atoms with van der Waals surface area (Å²) in [5.74, 6) is 0.856. The summed E-state index contributed by atoms with van der Waals surface area (Å²) in [5, 5.41) is 0. The average molecular weight is 369 g/mol. The molecule has 2 amide bonds. The van der Waals surface area contributed by atoms with E-state index >= 15 is 0 Å². The minimum atomic E-state index is 0.00376. The number of rotatable bonds is 4. The molecule has 6 nitrogen and oxygen atoms in total. The molecule has 0 saturated carbocycles. The van der Waals surface area contributed by atoms with Gasteiger partial charge >= 0.3 is 0 Å². The van der Waals surface area contributed by atoms with Crippen LogP contribution in [0.5, 0.6) is 5.75 Å². The summed E-state index contributed by atoms with van der Waals surface area (Å²) in [4.78, 5) is 32.4. The molecule has 1 fully saturated rings. The first-order chi connectivity index (χ1) is 13.0. The predicted octanol–water partition coefficient (Wildman–Crippen LogP) is 2.56. The fraction of sp³-hybridized carbons (Fsp3) is 0.429. The Morgan fingerprint density at radius 2 is 1.70 bits per heavy atom. The second kappa shape index (κ2) is 8.29. The van der Waals surface area contributed by atoms with Crippen molar-refractivity contribution >= 4 is 11.8 Å². The number of aromatic nitrogens is 1. The van der Waals surface area contributed by atoms with Gasteiger partial charge in [0.2, 0.25) is 5.91 Å². The van der Waals surface area contributed by atoms with Crippen molar-refractivity contribution in [2.24, 2.45) is 0 Å². The molecule has 1 saturated heterocycles. The maximum absolute atomic E-state index is 12.7. The molecule has 0 spiro atoms. The lowest BCUT2D eigenvalue weighted by atomic mass is 10.1. The van der Waals surface area contributed by atoms with Crippen LogP contribution < -0.4 is 4.74 Å². The molecule has 0 radical (unpaired) electrons. The van der Waals surface area contributed by atoms with Crippen LogP contribution in [0.3, 0.4) is 0 Å². The van der Waals surface area contributed by atoms with Crippen molar-refractivity contribution in [2.45, 2.75) is 26.7 Å². The number of aryl methyl sites for hydroxylation is 2. The molecular weight excluding hydrogens is 342 g/mol. The van der Waals surface area contributed by atoms with E-state index in [1.54, 1.807) is 31.4 Å². The summed E-state index contributed by atoms with van der Waals surface area (Å²) >= 11 is 0. The third kappa shape index (κ3) is 4.51. The Morgan fingerprint density at radius 3 is 2.33 bits per heavy atom. The van der Waals surface area contributed by atoms with Crippen molar-refractivity contribution in [3.63, 3.8) is 0 Å². The number of hydrogen-bond acceptors (Lipinski definition) is 3. The maximum Gasteiger partial charge on any atom is 0.253 e. The van der Waals surface area contributed by atoms with E-state index in [4.69, 9.17) is 4.74 Å². The zero-order valence-electron chi connectivity index (χ0n) is 16.2. The lowest BCUT2D eigenvalue weighted by Gasteiger charge is -2.22. The van der Waals surface area contributed by atoms with E-state index in [-0.39, 0.29) is 11.8 Å². The Labute approximate surface area is 160 Å². The number of carbonyl (C=O) groups excluding carboxylic acids is 2. The SMILES string of the molecule is COc1ccc(C(=O)N2CCCN(C(=O)Cc3cc(C)[nH]c3C)CC2)cc1. The Morgan fingerprint density at radius 1 is 1.04 bits per heavy atom. The summed E-state index contributed by atoms with van der Waals surface area (Å²) in [6, 6.07) is 9.19. The largest absolute Gasteiger partial charge is 0.497 e. The van der Waals surface area contributed by atoms with Crippen molar-refractivity contribution in [2.75, 3.05) is 33.3 Å². The number of ether oxygens (including phenoxy) is 1. The zero-order chi connectivity index (χ0) is 19.4. The van der Waals surface area contributed by atoms with Gasteiger partial charge in [-0.25, -0.2) is 0 Å². The molecule has 1 aliphatic heterocycles. The van der Waals surface area contributed by atoms with E-state index < -0.39 is 0 Å². The lowest BCUT2D eigenvalue weighted by molar-refractivity contribution is -0.130. The van der Waals surface area contributed by atoms with Gasteiger partial charge in [0.25, 0.3) is 5.91 Å². The fourth-order valence-electron chi connectivity index (χ4n) is 3.53. The molecule has 2 aromatic rings. The van der Waals surface area contributed by atoms with Gasteiger partial charge < -0.3 is 19.5 Å². The van der Waals surface area contributed by atoms with E-state index in [2.05, 4.69) is 4.98 Å². The van der Waals surface area contributed by atoms with E-state index in [0.717, 1.165) is 29.1 Å². The van der Waals surface area contributed by atoms with Crippen molar-refractivity contribution in [1.82, 2.24) is 14.8 Å². The minimum Gasteiger partial charge on any atom is -0.497 e. The van der Waals surface area contributed by atoms with E-state index in [0.29, 0.717) is 38.2 Å². The first kappa shape index (κ1) is 19.0. The smallest absolute Gasteiger partial charge is 0.253 e. The van der Waals surface area contributed by atoms with Crippen LogP contribution in [0.25, 0.3) is 0 Å². The van der Waals surface area contributed by atoms with Crippen molar-refractivity contribution in [3.05, 3.63) is 52.8 Å². The second-order valence-electron chi connectivity index (χ2n) is 7.03. The Hall–Kier alpha value is -2.76. The highest BCUT2D eigenvalue weighted by atomic mass is 16.5. The van der Waals surface area contributed by atoms with Gasteiger partial charge in [0.1, 0.15) is 5.75 Å². The molecule has 1 N–H and O–H groups in total. The van der Waals surface area contributed by atoms with Gasteiger partial charge in [-0.05, 0) is 56.2 Å². The van der Waals surface area contributed by atoms with Gasteiger partial charge in [-0.2, -0.15) is 0 Å². The molecule has 1 aromatic heterocycles. The average Bonchev–Trinajstić information content (AvgIpc) is 2.87. The highest BCUT2D eigenvalue weighted by Crippen LogP contribution is 2.16. The normalized spacial score (nSPS) is 14.8. The summed E-state index contributed by atoms with van der Waals surface area (Å²) in [6.07, 6.45) is 1.20. The molecule has 144 valence electrons. The number of nitrogens with zero attached hydrogens (tertiary/aromatic N) is 2. The standard InChI is InChI=1S/C21H27N3O3/c1-15-13-18(16(2)22-15)14-20(25)23-9-4-10-24(12-11-23)21(26)17-5-7-19(27-3)8-6-17/h5-8,13,22H,4,9-12,14H2,1-3H3. The van der Waals surface area contributed by atoms with Crippen molar-refractivity contribution in [3.8, 4) is 5.75 Å². The number of benzene rings is 1. The highest BCUT2D eigenvalue weighted by molar-refractivity contribution is 5.94. The van der Waals surface area contributed by atoms with Gasteiger partial charge in [-0.1, -0.05) is 0 Å². The number of carbonyl (C=O) groups is 2. The molecule has 0 atom stereocenters. The molecule has 1 aromatic carbocycles. The number of methoxy groups -OCH3 is 1. The molecule has 0 aliphatic carbocycles. The fourth-order valence-corrected chi connectivity index (χ4v) is 3.53. The van der Waals surface area contributed by atoms with Gasteiger partial charge in [0, 0.05) is 43.1 Å². The molecule has 0 unspecified atom stereocenters. The van der Waals surface area contributed by atoms with Gasteiger partial charge in [0.15, 0.2) is 0 Å². The Bertz CT molecular complexity index is 811. The van der Waals surface area contributed by atoms with Crippen LogP contribution in [-0.2, 0) is 11.2 Å². The summed E-state index contributed by atoms with van der Waals surface area (Å²) in [5.41, 5.74) is 3.82. The van der Waals surface area contributed by atoms with Gasteiger partial charge in [-0.3, -0.25) is 9.59 Å². The first-order valence-corrected chi connectivity index (χ1v) is 9.34. The zero-order valence-corrected chi connectivity index (χ0v) is 16.2. The van der Waals surface area contributed by atoms with Crippen LogP contribution >= 0.6 is 0 Å². The van der Waals surface area contributed by atoms with E-state index in [1.165, 1.54) is 0 Å². The van der Waals surface area contributed by atoms with Crippen LogP contribution in [-0.4, -0.2) is 59.9 Å². The quantitative estimate of drug-likeness (QED) is 0.901. The number of nitrogens with one attached hydrogen (secondary N) is 1. The summed E-state index contributed by atoms with van der Waals surface area (Å²) in [7, 11) is 1.60. The topological polar surface area (TPSA) is 65.6 Å². The monoisotopic (exact) mass is 369 g/mol. The van der Waals surface area contributed by atoms with E-state index in [9.17, 15) is 9.59 Å². The van der Waals surface area contributed by atoms with Crippen LogP contribution in [0.2, 0.25) is 0 Å². The van der Waals surface area contributed by atoms with Crippen LogP contribution in [0, 0.1) is 13.8 Å². The third-order valence-electron chi connectivity index (χ3n) is 5.07. The molecule has 1 aliphatic rings. The number of H-pyrrole nitrogens is 1. The number of hydrogen-bond donors (Lipinski definition) is 1. The van der Waals surface area contributed by atoms with Gasteiger partial charge in [-0.15, -0.1) is 0 Å². The van der Waals surface area contributed by atoms with Gasteiger partial charge in [0.05, 0.1) is 13.5 Å². The molecular formula is C21H27N3O3. The molecule has 0 bridgehead atoms. The minimum absolute atomic E-state index is 0.00376. The summed E-state index contributed by atoms with van der Waals surface area (Å²) < 4.78 is 5.14. The lowest BCUT2D eigenvalue weighted by Crippen LogP contribution is -2.38. The van der Waals surface area contributed by atoms with Crippen molar-refractivity contribution in [1.29, 1.82) is 0 Å². The van der Waals surface area contributed by atoms with Crippen molar-refractivity contribution < 1.29 is 14.3 Å². The first-order valence-electron chi connectivity index (χ1n) is 9.34. The van der Waals surface area contributed by atoms with Crippen LogP contribution in [0.15, 0.2) is 30.3 Å². The number of aromatic amines is 1. The number of amides is 2. The molecule has 27 heavy (non-hydrogen) atoms. The molecule has 3 rings (SSSR count). The third-order valence-corrected chi connectivity index (χ3v) is 5.07. The van der Waals surface area contributed by atoms with Crippen LogP contribution in [0.1, 0.15) is 33.7 Å². The van der Waals surface area contributed by atoms with Crippen LogP contribution in [0.4, 0.5) is 0 Å². The highest BCUT2D eigenvalue weighted by Gasteiger charge is 2.23. The molecule has 6 heteroatoms. The Kier molecular flexibility index (Phi) is 5.84.